The standard InChI is InChI=1S/C11H7ClF3N3O/c12-9-2-1-7(3-8(9)11(13,14)15)18-10(19)6-4-16-17-5-6/h1-5H,(H,16,17)(H,18,19). The van der Waals surface area contributed by atoms with E-state index in [4.69, 9.17) is 11.6 Å². The maximum absolute atomic E-state index is 12.6. The van der Waals surface area contributed by atoms with E-state index in [0.717, 1.165) is 12.1 Å². The van der Waals surface area contributed by atoms with Crippen LogP contribution in [0.5, 0.6) is 0 Å². The van der Waals surface area contributed by atoms with E-state index in [1.54, 1.807) is 0 Å². The summed E-state index contributed by atoms with van der Waals surface area (Å²) in [6, 6.07) is 3.14. The molecule has 0 unspecified atom stereocenters. The molecule has 0 aliphatic carbocycles. The van der Waals surface area contributed by atoms with Gasteiger partial charge >= 0.3 is 6.18 Å². The fraction of sp³-hybridized carbons (Fsp3) is 0.0909. The maximum Gasteiger partial charge on any atom is 0.417 e. The molecule has 0 saturated carbocycles. The van der Waals surface area contributed by atoms with Crippen LogP contribution in [0.15, 0.2) is 30.6 Å². The Kier molecular flexibility index (Phi) is 3.48. The van der Waals surface area contributed by atoms with Crippen LogP contribution in [0.25, 0.3) is 0 Å². The molecule has 0 fully saturated rings. The van der Waals surface area contributed by atoms with Crippen molar-refractivity contribution in [2.75, 3.05) is 5.32 Å². The fourth-order valence-corrected chi connectivity index (χ4v) is 1.62. The molecule has 2 aromatic rings. The third kappa shape index (κ3) is 3.05. The van der Waals surface area contributed by atoms with Crippen molar-refractivity contribution in [3.8, 4) is 0 Å². The molecule has 0 atom stereocenters. The van der Waals surface area contributed by atoms with Crippen LogP contribution in [-0.4, -0.2) is 16.1 Å². The largest absolute Gasteiger partial charge is 0.417 e. The highest BCUT2D eigenvalue weighted by Gasteiger charge is 2.33. The first-order valence-electron chi connectivity index (χ1n) is 5.05. The van der Waals surface area contributed by atoms with Gasteiger partial charge in [-0.05, 0) is 18.2 Å². The van der Waals surface area contributed by atoms with Gasteiger partial charge in [0.2, 0.25) is 0 Å². The molecule has 19 heavy (non-hydrogen) atoms. The zero-order valence-electron chi connectivity index (χ0n) is 9.25. The van der Waals surface area contributed by atoms with Gasteiger partial charge in [0.25, 0.3) is 5.91 Å². The van der Waals surface area contributed by atoms with Crippen molar-refractivity contribution in [1.82, 2.24) is 10.2 Å². The number of aromatic amines is 1. The number of benzene rings is 1. The van der Waals surface area contributed by atoms with E-state index in [-0.39, 0.29) is 11.3 Å². The van der Waals surface area contributed by atoms with Crippen LogP contribution in [0.4, 0.5) is 18.9 Å². The van der Waals surface area contributed by atoms with Crippen molar-refractivity contribution in [3.05, 3.63) is 46.7 Å². The normalized spacial score (nSPS) is 11.4. The minimum absolute atomic E-state index is 0.00271. The van der Waals surface area contributed by atoms with Crippen molar-refractivity contribution >= 4 is 23.2 Å². The fourth-order valence-electron chi connectivity index (χ4n) is 1.40. The van der Waals surface area contributed by atoms with Crippen LogP contribution >= 0.6 is 11.6 Å². The maximum atomic E-state index is 12.6. The molecular formula is C11H7ClF3N3O. The third-order valence-electron chi connectivity index (χ3n) is 2.29. The van der Waals surface area contributed by atoms with Crippen LogP contribution in [0.1, 0.15) is 15.9 Å². The summed E-state index contributed by atoms with van der Waals surface area (Å²) in [6.07, 6.45) is -1.99. The van der Waals surface area contributed by atoms with E-state index < -0.39 is 22.7 Å². The number of alkyl halides is 3. The number of hydrogen-bond acceptors (Lipinski definition) is 2. The Labute approximate surface area is 110 Å². The number of anilines is 1. The highest BCUT2D eigenvalue weighted by molar-refractivity contribution is 6.31. The minimum atomic E-state index is -4.58. The Morgan fingerprint density at radius 1 is 1.37 bits per heavy atom. The lowest BCUT2D eigenvalue weighted by Crippen LogP contribution is -2.12. The topological polar surface area (TPSA) is 57.8 Å². The number of amides is 1. The molecule has 2 N–H and O–H groups in total. The lowest BCUT2D eigenvalue weighted by molar-refractivity contribution is -0.137. The van der Waals surface area contributed by atoms with E-state index in [2.05, 4.69) is 15.5 Å². The van der Waals surface area contributed by atoms with Gasteiger partial charge in [0.15, 0.2) is 0 Å². The number of nitrogens with one attached hydrogen (secondary N) is 2. The SMILES string of the molecule is O=C(Nc1ccc(Cl)c(C(F)(F)F)c1)c1cn[nH]c1. The summed E-state index contributed by atoms with van der Waals surface area (Å²) in [4.78, 5) is 11.6. The monoisotopic (exact) mass is 289 g/mol. The average molecular weight is 290 g/mol. The van der Waals surface area contributed by atoms with Gasteiger partial charge < -0.3 is 5.32 Å². The molecule has 1 aromatic carbocycles. The second-order valence-corrected chi connectivity index (χ2v) is 4.04. The summed E-state index contributed by atoms with van der Waals surface area (Å²) in [5.74, 6) is -0.566. The van der Waals surface area contributed by atoms with E-state index in [1.165, 1.54) is 18.5 Å². The molecule has 0 saturated heterocycles. The summed E-state index contributed by atoms with van der Waals surface area (Å²) in [5.41, 5.74) is -0.786. The van der Waals surface area contributed by atoms with Gasteiger partial charge in [-0.3, -0.25) is 9.89 Å². The number of halogens is 4. The molecule has 0 aliphatic rings. The van der Waals surface area contributed by atoms with Crippen molar-refractivity contribution in [1.29, 1.82) is 0 Å². The van der Waals surface area contributed by atoms with Crippen LogP contribution in [0.2, 0.25) is 5.02 Å². The predicted octanol–water partition coefficient (Wildman–Crippen LogP) is 3.33. The molecule has 0 bridgehead atoms. The van der Waals surface area contributed by atoms with Crippen molar-refractivity contribution in [2.45, 2.75) is 6.18 Å². The Morgan fingerprint density at radius 3 is 2.68 bits per heavy atom. The number of aromatic nitrogens is 2. The van der Waals surface area contributed by atoms with E-state index >= 15 is 0 Å². The van der Waals surface area contributed by atoms with Crippen molar-refractivity contribution in [2.24, 2.45) is 0 Å². The Hall–Kier alpha value is -2.02. The smallest absolute Gasteiger partial charge is 0.322 e. The molecule has 4 nitrogen and oxygen atoms in total. The molecular weight excluding hydrogens is 283 g/mol. The van der Waals surface area contributed by atoms with E-state index in [0.29, 0.717) is 0 Å². The van der Waals surface area contributed by atoms with E-state index in [1.807, 2.05) is 0 Å². The zero-order valence-corrected chi connectivity index (χ0v) is 10.0. The van der Waals surface area contributed by atoms with Gasteiger partial charge in [-0.1, -0.05) is 11.6 Å². The highest BCUT2D eigenvalue weighted by atomic mass is 35.5. The summed E-state index contributed by atoms with van der Waals surface area (Å²) >= 11 is 5.47. The number of H-pyrrole nitrogens is 1. The Morgan fingerprint density at radius 2 is 2.11 bits per heavy atom. The lowest BCUT2D eigenvalue weighted by atomic mass is 10.2. The van der Waals surface area contributed by atoms with Gasteiger partial charge in [-0.15, -0.1) is 0 Å². The summed E-state index contributed by atoms with van der Waals surface area (Å²) in [7, 11) is 0. The molecule has 1 heterocycles. The molecule has 8 heteroatoms. The first-order chi connectivity index (χ1) is 8.88. The number of carbonyl (C=O) groups is 1. The predicted molar refractivity (Wildman–Crippen MR) is 63.0 cm³/mol. The number of carbonyl (C=O) groups excluding carboxylic acids is 1. The number of rotatable bonds is 2. The van der Waals surface area contributed by atoms with Crippen molar-refractivity contribution < 1.29 is 18.0 Å². The number of nitrogens with zero attached hydrogens (tertiary/aromatic N) is 1. The molecule has 100 valence electrons. The van der Waals surface area contributed by atoms with Crippen LogP contribution < -0.4 is 5.32 Å². The lowest BCUT2D eigenvalue weighted by Gasteiger charge is -2.11. The minimum Gasteiger partial charge on any atom is -0.322 e. The van der Waals surface area contributed by atoms with Gasteiger partial charge in [0.05, 0.1) is 22.3 Å². The Bertz CT molecular complexity index is 596. The molecule has 1 aromatic heterocycles. The van der Waals surface area contributed by atoms with Gasteiger partial charge in [0.1, 0.15) is 0 Å². The van der Waals surface area contributed by atoms with E-state index in [9.17, 15) is 18.0 Å². The van der Waals surface area contributed by atoms with Gasteiger partial charge in [-0.25, -0.2) is 0 Å². The quantitative estimate of drug-likeness (QED) is 0.891. The van der Waals surface area contributed by atoms with Crippen LogP contribution in [-0.2, 0) is 6.18 Å². The van der Waals surface area contributed by atoms with Crippen molar-refractivity contribution in [3.63, 3.8) is 0 Å². The molecule has 0 aliphatic heterocycles. The third-order valence-corrected chi connectivity index (χ3v) is 2.62. The van der Waals surface area contributed by atoms with Crippen LogP contribution in [0, 0.1) is 0 Å². The molecule has 1 amide bonds. The second-order valence-electron chi connectivity index (χ2n) is 3.63. The first kappa shape index (κ1) is 13.4. The zero-order chi connectivity index (χ0) is 14.0. The van der Waals surface area contributed by atoms with Gasteiger partial charge in [0, 0.05) is 11.9 Å². The molecule has 2 rings (SSSR count). The first-order valence-corrected chi connectivity index (χ1v) is 5.42. The Balaban J connectivity index is 2.25. The molecule has 0 spiro atoms. The number of hydrogen-bond donors (Lipinski definition) is 2. The summed E-state index contributed by atoms with van der Waals surface area (Å²) < 4.78 is 37.9. The highest BCUT2D eigenvalue weighted by Crippen LogP contribution is 2.36. The second kappa shape index (κ2) is 4.93. The summed E-state index contributed by atoms with van der Waals surface area (Å²) in [6.45, 7) is 0. The summed E-state index contributed by atoms with van der Waals surface area (Å²) in [5, 5.41) is 7.90. The van der Waals surface area contributed by atoms with Crippen LogP contribution in [0.3, 0.4) is 0 Å². The average Bonchev–Trinajstić information content (AvgIpc) is 2.83. The van der Waals surface area contributed by atoms with Gasteiger partial charge in [-0.2, -0.15) is 18.3 Å². The molecule has 0 radical (unpaired) electrons.